The Kier molecular flexibility index (Phi) is 5.83. The lowest BCUT2D eigenvalue weighted by Crippen LogP contribution is -2.33. The molecule has 0 fully saturated rings. The third kappa shape index (κ3) is 4.81. The summed E-state index contributed by atoms with van der Waals surface area (Å²) in [6, 6.07) is 17.2. The molecule has 0 spiro atoms. The summed E-state index contributed by atoms with van der Waals surface area (Å²) in [5.74, 6) is 0.254. The van der Waals surface area contributed by atoms with Crippen LogP contribution in [0, 0.1) is 0 Å². The van der Waals surface area contributed by atoms with Crippen LogP contribution in [0.15, 0.2) is 54.6 Å². The Hall–Kier alpha value is -2.49. The van der Waals surface area contributed by atoms with Crippen LogP contribution in [0.1, 0.15) is 12.0 Å². The lowest BCUT2D eigenvalue weighted by atomic mass is 10.1. The molecule has 0 radical (unpaired) electrons. The molecule has 1 amide bonds. The number of carbonyl (C=O) groups excluding carboxylic acids is 1. The quantitative estimate of drug-likeness (QED) is 0.826. The Bertz CT molecular complexity index is 599. The third-order valence-electron chi connectivity index (χ3n) is 3.58. The number of para-hydroxylation sites is 2. The molecule has 0 bridgehead atoms. The van der Waals surface area contributed by atoms with Crippen LogP contribution in [0.3, 0.4) is 0 Å². The predicted octanol–water partition coefficient (Wildman–Crippen LogP) is 2.58. The number of amides is 1. The zero-order valence-corrected chi connectivity index (χ0v) is 12.8. The van der Waals surface area contributed by atoms with Gasteiger partial charge in [-0.05, 0) is 30.2 Å². The number of aryl methyl sites for hydroxylation is 1. The summed E-state index contributed by atoms with van der Waals surface area (Å²) in [5.41, 5.74) is 1.94. The van der Waals surface area contributed by atoms with Crippen LogP contribution in [-0.2, 0) is 11.2 Å². The van der Waals surface area contributed by atoms with Crippen LogP contribution >= 0.6 is 0 Å². The summed E-state index contributed by atoms with van der Waals surface area (Å²) in [6.07, 6.45) is 0.930. The summed E-state index contributed by atoms with van der Waals surface area (Å²) < 4.78 is 0. The monoisotopic (exact) mass is 298 g/mol. The molecule has 2 rings (SSSR count). The van der Waals surface area contributed by atoms with Gasteiger partial charge >= 0.3 is 0 Å². The van der Waals surface area contributed by atoms with Crippen LogP contribution in [-0.4, -0.2) is 31.2 Å². The maximum atomic E-state index is 11.8. The summed E-state index contributed by atoms with van der Waals surface area (Å²) in [7, 11) is 2.00. The molecule has 0 saturated carbocycles. The van der Waals surface area contributed by atoms with E-state index in [1.165, 1.54) is 0 Å². The maximum absolute atomic E-state index is 11.8. The first-order valence-corrected chi connectivity index (χ1v) is 7.46. The van der Waals surface area contributed by atoms with Gasteiger partial charge in [0.2, 0.25) is 5.91 Å². The molecule has 0 aliphatic heterocycles. The molecule has 0 heterocycles. The Morgan fingerprint density at radius 2 is 1.77 bits per heavy atom. The number of carbonyl (C=O) groups is 1. The molecule has 0 atom stereocenters. The third-order valence-corrected chi connectivity index (χ3v) is 3.58. The fraction of sp³-hybridized carbons (Fsp3) is 0.278. The van der Waals surface area contributed by atoms with Crippen LogP contribution in [0.5, 0.6) is 5.75 Å². The van der Waals surface area contributed by atoms with Crippen molar-refractivity contribution in [3.63, 3.8) is 0 Å². The van der Waals surface area contributed by atoms with Crippen molar-refractivity contribution in [2.45, 2.75) is 12.8 Å². The van der Waals surface area contributed by atoms with Crippen molar-refractivity contribution in [1.29, 1.82) is 0 Å². The zero-order valence-electron chi connectivity index (χ0n) is 12.8. The molecular formula is C18H22N2O2. The fourth-order valence-electron chi connectivity index (χ4n) is 2.23. The van der Waals surface area contributed by atoms with E-state index in [1.54, 1.807) is 12.1 Å². The molecule has 116 valence electrons. The number of hydrogen-bond acceptors (Lipinski definition) is 3. The molecule has 22 heavy (non-hydrogen) atoms. The first-order valence-electron chi connectivity index (χ1n) is 7.46. The number of aromatic hydroxyl groups is 1. The SMILES string of the molecule is CN(CCNC(=O)CCc1ccccc1O)c1ccccc1. The zero-order chi connectivity index (χ0) is 15.8. The lowest BCUT2D eigenvalue weighted by Gasteiger charge is -2.19. The van der Waals surface area contributed by atoms with Crippen LogP contribution in [0.25, 0.3) is 0 Å². The number of likely N-dealkylation sites (N-methyl/N-ethyl adjacent to an activating group) is 1. The second-order valence-corrected chi connectivity index (χ2v) is 5.24. The molecule has 0 saturated heterocycles. The summed E-state index contributed by atoms with van der Waals surface area (Å²) in [6.45, 7) is 1.36. The van der Waals surface area contributed by atoms with E-state index in [-0.39, 0.29) is 11.7 Å². The van der Waals surface area contributed by atoms with E-state index in [0.29, 0.717) is 19.4 Å². The molecule has 0 aliphatic carbocycles. The molecular weight excluding hydrogens is 276 g/mol. The topological polar surface area (TPSA) is 52.6 Å². The van der Waals surface area contributed by atoms with Crippen molar-refractivity contribution in [2.24, 2.45) is 0 Å². The van der Waals surface area contributed by atoms with Crippen molar-refractivity contribution in [3.05, 3.63) is 60.2 Å². The maximum Gasteiger partial charge on any atom is 0.220 e. The van der Waals surface area contributed by atoms with Gasteiger partial charge in [-0.1, -0.05) is 36.4 Å². The molecule has 4 heteroatoms. The molecule has 2 aromatic rings. The van der Waals surface area contributed by atoms with E-state index in [1.807, 2.05) is 49.5 Å². The van der Waals surface area contributed by atoms with Crippen LogP contribution in [0.4, 0.5) is 5.69 Å². The minimum absolute atomic E-state index is 0.00437. The number of anilines is 1. The molecule has 2 N–H and O–H groups in total. The first kappa shape index (κ1) is 15.9. The molecule has 0 aromatic heterocycles. The predicted molar refractivity (Wildman–Crippen MR) is 89.1 cm³/mol. The van der Waals surface area contributed by atoms with E-state index in [9.17, 15) is 9.90 Å². The van der Waals surface area contributed by atoms with E-state index >= 15 is 0 Å². The Labute approximate surface area is 131 Å². The highest BCUT2D eigenvalue weighted by Gasteiger charge is 2.05. The van der Waals surface area contributed by atoms with Gasteiger partial charge in [-0.2, -0.15) is 0 Å². The summed E-state index contributed by atoms with van der Waals surface area (Å²) in [4.78, 5) is 13.9. The highest BCUT2D eigenvalue weighted by atomic mass is 16.3. The number of phenolic OH excluding ortho intramolecular Hbond substituents is 1. The van der Waals surface area contributed by atoms with E-state index in [4.69, 9.17) is 0 Å². The Morgan fingerprint density at radius 3 is 2.50 bits per heavy atom. The summed E-state index contributed by atoms with van der Waals surface area (Å²) in [5, 5.41) is 12.6. The van der Waals surface area contributed by atoms with Gasteiger partial charge in [0.1, 0.15) is 5.75 Å². The lowest BCUT2D eigenvalue weighted by molar-refractivity contribution is -0.120. The highest BCUT2D eigenvalue weighted by Crippen LogP contribution is 2.17. The van der Waals surface area contributed by atoms with Gasteiger partial charge in [0.15, 0.2) is 0 Å². The highest BCUT2D eigenvalue weighted by molar-refractivity contribution is 5.76. The summed E-state index contributed by atoms with van der Waals surface area (Å²) >= 11 is 0. The van der Waals surface area contributed by atoms with Crippen LogP contribution < -0.4 is 10.2 Å². The van der Waals surface area contributed by atoms with Crippen molar-refractivity contribution < 1.29 is 9.90 Å². The van der Waals surface area contributed by atoms with E-state index in [0.717, 1.165) is 17.8 Å². The van der Waals surface area contributed by atoms with Gasteiger partial charge in [0, 0.05) is 32.2 Å². The molecule has 0 aliphatic rings. The van der Waals surface area contributed by atoms with E-state index < -0.39 is 0 Å². The first-order chi connectivity index (χ1) is 10.7. The van der Waals surface area contributed by atoms with Gasteiger partial charge < -0.3 is 15.3 Å². The van der Waals surface area contributed by atoms with Gasteiger partial charge in [-0.25, -0.2) is 0 Å². The smallest absolute Gasteiger partial charge is 0.220 e. The molecule has 2 aromatic carbocycles. The van der Waals surface area contributed by atoms with Crippen molar-refractivity contribution in [2.75, 3.05) is 25.0 Å². The molecule has 4 nitrogen and oxygen atoms in total. The number of phenols is 1. The van der Waals surface area contributed by atoms with Gasteiger partial charge in [-0.3, -0.25) is 4.79 Å². The minimum atomic E-state index is 0.00437. The second-order valence-electron chi connectivity index (χ2n) is 5.24. The van der Waals surface area contributed by atoms with Crippen LogP contribution in [0.2, 0.25) is 0 Å². The second kappa shape index (κ2) is 8.08. The largest absolute Gasteiger partial charge is 0.508 e. The molecule has 0 unspecified atom stereocenters. The van der Waals surface area contributed by atoms with Crippen molar-refractivity contribution in [3.8, 4) is 5.75 Å². The van der Waals surface area contributed by atoms with E-state index in [2.05, 4.69) is 10.2 Å². The number of hydrogen-bond donors (Lipinski definition) is 2. The number of benzene rings is 2. The van der Waals surface area contributed by atoms with Crippen molar-refractivity contribution in [1.82, 2.24) is 5.32 Å². The normalized spacial score (nSPS) is 10.2. The fourth-order valence-corrected chi connectivity index (χ4v) is 2.23. The Morgan fingerprint density at radius 1 is 1.09 bits per heavy atom. The van der Waals surface area contributed by atoms with Gasteiger partial charge in [0.05, 0.1) is 0 Å². The number of nitrogens with one attached hydrogen (secondary N) is 1. The standard InChI is InChI=1S/C18H22N2O2/c1-20(16-8-3-2-4-9-16)14-13-19-18(22)12-11-15-7-5-6-10-17(15)21/h2-10,21H,11-14H2,1H3,(H,19,22). The van der Waals surface area contributed by atoms with Gasteiger partial charge in [0.25, 0.3) is 0 Å². The number of rotatable bonds is 7. The number of nitrogens with zero attached hydrogens (tertiary/aromatic N) is 1. The average molecular weight is 298 g/mol. The van der Waals surface area contributed by atoms with Crippen molar-refractivity contribution >= 4 is 11.6 Å². The average Bonchev–Trinajstić information content (AvgIpc) is 2.55. The van der Waals surface area contributed by atoms with Gasteiger partial charge in [-0.15, -0.1) is 0 Å². The minimum Gasteiger partial charge on any atom is -0.508 e. The Balaban J connectivity index is 1.69.